The molecule has 1 aromatic heterocycles. The lowest BCUT2D eigenvalue weighted by Gasteiger charge is -2.17. The van der Waals surface area contributed by atoms with E-state index in [0.717, 1.165) is 22.5 Å². The molecule has 0 spiro atoms. The van der Waals surface area contributed by atoms with E-state index in [0.29, 0.717) is 11.3 Å². The molecule has 0 unspecified atom stereocenters. The smallest absolute Gasteiger partial charge is 0.279 e. The number of amides is 2. The fourth-order valence-electron chi connectivity index (χ4n) is 2.78. The van der Waals surface area contributed by atoms with Gasteiger partial charge in [-0.1, -0.05) is 12.1 Å². The first-order chi connectivity index (χ1) is 13.9. The van der Waals surface area contributed by atoms with E-state index in [4.69, 9.17) is 4.74 Å². The molecule has 1 atom stereocenters. The summed E-state index contributed by atoms with van der Waals surface area (Å²) in [5.74, 6) is -0.215. The highest BCUT2D eigenvalue weighted by atomic mass is 16.5. The highest BCUT2D eigenvalue weighted by Gasteiger charge is 2.17. The summed E-state index contributed by atoms with van der Waals surface area (Å²) in [5.41, 5.74) is 9.14. The highest BCUT2D eigenvalue weighted by molar-refractivity contribution is 5.95. The van der Waals surface area contributed by atoms with Gasteiger partial charge in [-0.25, -0.2) is 4.68 Å². The minimum Gasteiger partial charge on any atom is -0.481 e. The Morgan fingerprint density at radius 1 is 1.00 bits per heavy atom. The maximum absolute atomic E-state index is 12.3. The molecule has 7 heteroatoms. The average molecular weight is 392 g/mol. The molecule has 2 aromatic carbocycles. The van der Waals surface area contributed by atoms with Crippen molar-refractivity contribution in [2.45, 2.75) is 33.8 Å². The first-order valence-electron chi connectivity index (χ1n) is 9.31. The number of carbonyl (C=O) groups excluding carboxylic acids is 2. The van der Waals surface area contributed by atoms with Crippen LogP contribution in [0.5, 0.6) is 5.75 Å². The third kappa shape index (κ3) is 4.63. The van der Waals surface area contributed by atoms with Crippen LogP contribution < -0.4 is 15.6 Å². The summed E-state index contributed by atoms with van der Waals surface area (Å²) in [6.45, 7) is 7.49. The summed E-state index contributed by atoms with van der Waals surface area (Å²) >= 11 is 0. The maximum atomic E-state index is 12.3. The van der Waals surface area contributed by atoms with Gasteiger partial charge in [0.2, 0.25) is 0 Å². The molecular formula is C22H24N4O3. The quantitative estimate of drug-likeness (QED) is 0.654. The van der Waals surface area contributed by atoms with E-state index in [9.17, 15) is 9.59 Å². The lowest BCUT2D eigenvalue weighted by molar-refractivity contribution is -0.128. The summed E-state index contributed by atoms with van der Waals surface area (Å²) < 4.78 is 7.49. The number of benzene rings is 2. The Morgan fingerprint density at radius 3 is 2.38 bits per heavy atom. The summed E-state index contributed by atoms with van der Waals surface area (Å²) in [5, 5.41) is 4.23. The van der Waals surface area contributed by atoms with Crippen LogP contribution in [0.25, 0.3) is 5.69 Å². The Balaban J connectivity index is 1.56. The fraction of sp³-hybridized carbons (Fsp3) is 0.227. The highest BCUT2D eigenvalue weighted by Crippen LogP contribution is 2.21. The number of aryl methyl sites for hydroxylation is 2. The largest absolute Gasteiger partial charge is 0.481 e. The molecule has 0 saturated heterocycles. The standard InChI is InChI=1S/C22H24N4O3/c1-14-6-5-7-20(16(14)3)29-17(4)21(27)24-25-22(28)18-8-10-19(11-9-18)26-15(2)12-13-23-26/h5-13,17H,1-4H3,(H,24,27)(H,25,28)/t17-/m1/s1. The summed E-state index contributed by atoms with van der Waals surface area (Å²) in [6, 6.07) is 14.5. The normalized spacial score (nSPS) is 11.6. The SMILES string of the molecule is Cc1cccc(O[C@H](C)C(=O)NNC(=O)c2ccc(-n3nccc3C)cc2)c1C. The summed E-state index contributed by atoms with van der Waals surface area (Å²) in [7, 11) is 0. The zero-order valence-electron chi connectivity index (χ0n) is 16.9. The van der Waals surface area contributed by atoms with Crippen molar-refractivity contribution < 1.29 is 14.3 Å². The number of nitrogens with zero attached hydrogens (tertiary/aromatic N) is 2. The lowest BCUT2D eigenvalue weighted by atomic mass is 10.1. The molecule has 0 fully saturated rings. The topological polar surface area (TPSA) is 85.3 Å². The van der Waals surface area contributed by atoms with Crippen LogP contribution >= 0.6 is 0 Å². The minimum absolute atomic E-state index is 0.416. The second-order valence-electron chi connectivity index (χ2n) is 6.83. The zero-order valence-corrected chi connectivity index (χ0v) is 16.9. The third-order valence-corrected chi connectivity index (χ3v) is 4.73. The van der Waals surface area contributed by atoms with Crippen molar-refractivity contribution in [3.8, 4) is 11.4 Å². The molecule has 0 saturated carbocycles. The Kier molecular flexibility index (Phi) is 5.97. The van der Waals surface area contributed by atoms with Crippen molar-refractivity contribution in [3.05, 3.63) is 77.1 Å². The number of hydrazine groups is 1. The van der Waals surface area contributed by atoms with Crippen molar-refractivity contribution in [1.29, 1.82) is 0 Å². The van der Waals surface area contributed by atoms with Crippen LogP contribution in [-0.2, 0) is 4.79 Å². The molecule has 2 N–H and O–H groups in total. The summed E-state index contributed by atoms with van der Waals surface area (Å²) in [4.78, 5) is 24.6. The number of nitrogens with one attached hydrogen (secondary N) is 2. The van der Waals surface area contributed by atoms with E-state index in [1.54, 1.807) is 42.1 Å². The van der Waals surface area contributed by atoms with E-state index in [2.05, 4.69) is 16.0 Å². The molecule has 0 aliphatic rings. The monoisotopic (exact) mass is 392 g/mol. The van der Waals surface area contributed by atoms with Crippen molar-refractivity contribution in [2.75, 3.05) is 0 Å². The second kappa shape index (κ2) is 8.60. The van der Waals surface area contributed by atoms with Crippen LogP contribution in [0.15, 0.2) is 54.7 Å². The molecule has 0 radical (unpaired) electrons. The molecule has 150 valence electrons. The van der Waals surface area contributed by atoms with Gasteiger partial charge in [-0.05, 0) is 75.2 Å². The van der Waals surface area contributed by atoms with E-state index in [1.807, 2.05) is 45.0 Å². The lowest BCUT2D eigenvalue weighted by Crippen LogP contribution is -2.47. The van der Waals surface area contributed by atoms with Gasteiger partial charge in [-0.2, -0.15) is 5.10 Å². The van der Waals surface area contributed by atoms with Crippen LogP contribution in [0.3, 0.4) is 0 Å². The maximum Gasteiger partial charge on any atom is 0.279 e. The second-order valence-corrected chi connectivity index (χ2v) is 6.83. The molecule has 0 aliphatic carbocycles. The number of aromatic nitrogens is 2. The Labute approximate surface area is 169 Å². The van der Waals surface area contributed by atoms with Crippen LogP contribution in [0, 0.1) is 20.8 Å². The van der Waals surface area contributed by atoms with Gasteiger partial charge in [0.25, 0.3) is 11.8 Å². The third-order valence-electron chi connectivity index (χ3n) is 4.73. The molecule has 3 aromatic rings. The van der Waals surface area contributed by atoms with Gasteiger partial charge in [-0.15, -0.1) is 0 Å². The van der Waals surface area contributed by atoms with E-state index in [-0.39, 0.29) is 0 Å². The van der Waals surface area contributed by atoms with Crippen LogP contribution in [0.4, 0.5) is 0 Å². The number of hydrogen-bond acceptors (Lipinski definition) is 4. The van der Waals surface area contributed by atoms with Crippen LogP contribution in [-0.4, -0.2) is 27.7 Å². The van der Waals surface area contributed by atoms with Crippen LogP contribution in [0.1, 0.15) is 34.1 Å². The Morgan fingerprint density at radius 2 is 1.72 bits per heavy atom. The molecule has 2 amide bonds. The van der Waals surface area contributed by atoms with Crippen molar-refractivity contribution in [2.24, 2.45) is 0 Å². The Hall–Kier alpha value is -3.61. The molecule has 0 bridgehead atoms. The number of rotatable bonds is 5. The van der Waals surface area contributed by atoms with Gasteiger partial charge in [-0.3, -0.25) is 20.4 Å². The number of carbonyl (C=O) groups is 2. The summed E-state index contributed by atoms with van der Waals surface area (Å²) in [6.07, 6.45) is 0.952. The van der Waals surface area contributed by atoms with Gasteiger partial charge in [0, 0.05) is 17.5 Å². The zero-order chi connectivity index (χ0) is 21.0. The van der Waals surface area contributed by atoms with E-state index in [1.165, 1.54) is 0 Å². The molecule has 0 aliphatic heterocycles. The van der Waals surface area contributed by atoms with Crippen LogP contribution in [0.2, 0.25) is 0 Å². The predicted molar refractivity (Wildman–Crippen MR) is 110 cm³/mol. The molecule has 3 rings (SSSR count). The molecule has 29 heavy (non-hydrogen) atoms. The fourth-order valence-corrected chi connectivity index (χ4v) is 2.78. The molecular weight excluding hydrogens is 368 g/mol. The van der Waals surface area contributed by atoms with Crippen molar-refractivity contribution in [1.82, 2.24) is 20.6 Å². The predicted octanol–water partition coefficient (Wildman–Crippen LogP) is 3.03. The number of ether oxygens (including phenoxy) is 1. The minimum atomic E-state index is -0.763. The Bertz CT molecular complexity index is 1020. The van der Waals surface area contributed by atoms with E-state index < -0.39 is 17.9 Å². The average Bonchev–Trinajstić information content (AvgIpc) is 3.15. The van der Waals surface area contributed by atoms with Gasteiger partial charge in [0.15, 0.2) is 6.10 Å². The molecule has 1 heterocycles. The van der Waals surface area contributed by atoms with E-state index >= 15 is 0 Å². The van der Waals surface area contributed by atoms with Crippen molar-refractivity contribution >= 4 is 11.8 Å². The first kappa shape index (κ1) is 20.1. The van der Waals surface area contributed by atoms with Gasteiger partial charge in [0.1, 0.15) is 5.75 Å². The first-order valence-corrected chi connectivity index (χ1v) is 9.31. The van der Waals surface area contributed by atoms with Gasteiger partial charge in [0.05, 0.1) is 5.69 Å². The van der Waals surface area contributed by atoms with Crippen molar-refractivity contribution in [3.63, 3.8) is 0 Å². The molecule has 7 nitrogen and oxygen atoms in total. The van der Waals surface area contributed by atoms with Gasteiger partial charge >= 0.3 is 0 Å². The number of hydrogen-bond donors (Lipinski definition) is 2. The van der Waals surface area contributed by atoms with Gasteiger partial charge < -0.3 is 4.74 Å².